The molecular weight excluding hydrogens is 223 g/mol. The fourth-order valence-electron chi connectivity index (χ4n) is 1.29. The Balaban J connectivity index is 2.22. The van der Waals surface area contributed by atoms with Gasteiger partial charge in [0.15, 0.2) is 17.6 Å². The maximum atomic E-state index is 12.1. The van der Waals surface area contributed by atoms with Crippen LogP contribution < -0.4 is 0 Å². The van der Waals surface area contributed by atoms with Crippen molar-refractivity contribution in [3.05, 3.63) is 30.2 Å². The zero-order chi connectivity index (χ0) is 11.8. The summed E-state index contributed by atoms with van der Waals surface area (Å²) in [6, 6.07) is 6.63. The summed E-state index contributed by atoms with van der Waals surface area (Å²) in [4.78, 5) is 3.84. The van der Waals surface area contributed by atoms with E-state index in [1.165, 1.54) is 0 Å². The molecule has 1 heterocycles. The monoisotopic (exact) mass is 231 g/mol. The van der Waals surface area contributed by atoms with Crippen LogP contribution in [-0.4, -0.2) is 22.4 Å². The average Bonchev–Trinajstić information content (AvgIpc) is 2.58. The minimum absolute atomic E-state index is 0.119. The van der Waals surface area contributed by atoms with E-state index in [1.54, 1.807) is 24.3 Å². The molecule has 0 amide bonds. The van der Waals surface area contributed by atoms with Crippen LogP contribution >= 0.6 is 0 Å². The Morgan fingerprint density at radius 1 is 1.31 bits per heavy atom. The fraction of sp³-hybridized carbons (Fsp3) is 0.300. The number of aromatic nitrogens is 1. The summed E-state index contributed by atoms with van der Waals surface area (Å²) < 4.78 is 41.3. The molecule has 1 aromatic heterocycles. The zero-order valence-corrected chi connectivity index (χ0v) is 8.03. The molecule has 1 atom stereocenters. The number of hydrogen-bond donors (Lipinski definition) is 1. The number of aliphatic hydroxyl groups excluding tert-OH is 1. The normalized spacial score (nSPS) is 14.2. The van der Waals surface area contributed by atoms with Gasteiger partial charge in [-0.1, -0.05) is 12.1 Å². The fourth-order valence-corrected chi connectivity index (χ4v) is 1.29. The molecular formula is C10H8F3NO2. The Bertz CT molecular complexity index is 459. The number of oxazole rings is 1. The van der Waals surface area contributed by atoms with Crippen molar-refractivity contribution in [2.75, 3.05) is 0 Å². The van der Waals surface area contributed by atoms with Gasteiger partial charge in [-0.3, -0.25) is 0 Å². The van der Waals surface area contributed by atoms with Crippen molar-refractivity contribution >= 4 is 11.1 Å². The highest BCUT2D eigenvalue weighted by Crippen LogP contribution is 2.24. The van der Waals surface area contributed by atoms with Gasteiger partial charge in [0, 0.05) is 0 Å². The van der Waals surface area contributed by atoms with E-state index in [-0.39, 0.29) is 5.89 Å². The standard InChI is InChI=1S/C10H8F3NO2/c11-10(12,13)8(15)5-9-14-6-3-1-2-4-7(6)16-9/h1-4,8,15H,5H2. The summed E-state index contributed by atoms with van der Waals surface area (Å²) in [7, 11) is 0. The van der Waals surface area contributed by atoms with Gasteiger partial charge in [-0.2, -0.15) is 13.2 Å². The summed E-state index contributed by atoms with van der Waals surface area (Å²) in [6.45, 7) is 0. The molecule has 1 unspecified atom stereocenters. The lowest BCUT2D eigenvalue weighted by molar-refractivity contribution is -0.204. The second-order valence-corrected chi connectivity index (χ2v) is 3.34. The first-order chi connectivity index (χ1) is 7.47. The largest absolute Gasteiger partial charge is 0.441 e. The molecule has 0 spiro atoms. The molecule has 1 aromatic carbocycles. The van der Waals surface area contributed by atoms with Crippen LogP contribution in [0.4, 0.5) is 13.2 Å². The lowest BCUT2D eigenvalue weighted by Crippen LogP contribution is -2.30. The van der Waals surface area contributed by atoms with E-state index in [4.69, 9.17) is 9.52 Å². The first-order valence-corrected chi connectivity index (χ1v) is 4.56. The number of halogens is 3. The van der Waals surface area contributed by atoms with Crippen molar-refractivity contribution in [2.45, 2.75) is 18.7 Å². The van der Waals surface area contributed by atoms with E-state index in [1.807, 2.05) is 0 Å². The van der Waals surface area contributed by atoms with Gasteiger partial charge in [-0.15, -0.1) is 0 Å². The molecule has 0 saturated carbocycles. The number of aliphatic hydroxyl groups is 1. The van der Waals surface area contributed by atoms with Crippen LogP contribution in [0.5, 0.6) is 0 Å². The molecule has 1 N–H and O–H groups in total. The van der Waals surface area contributed by atoms with Crippen LogP contribution in [0.1, 0.15) is 5.89 Å². The highest BCUT2D eigenvalue weighted by atomic mass is 19.4. The van der Waals surface area contributed by atoms with Gasteiger partial charge < -0.3 is 9.52 Å². The molecule has 0 radical (unpaired) electrons. The smallest absolute Gasteiger partial charge is 0.414 e. The lowest BCUT2D eigenvalue weighted by Gasteiger charge is -2.11. The van der Waals surface area contributed by atoms with Crippen LogP contribution in [0.3, 0.4) is 0 Å². The molecule has 2 aromatic rings. The van der Waals surface area contributed by atoms with Crippen molar-refractivity contribution in [3.63, 3.8) is 0 Å². The molecule has 0 aliphatic carbocycles. The zero-order valence-electron chi connectivity index (χ0n) is 8.03. The molecule has 0 bridgehead atoms. The van der Waals surface area contributed by atoms with Crippen LogP contribution in [0.15, 0.2) is 28.7 Å². The topological polar surface area (TPSA) is 46.3 Å². The Morgan fingerprint density at radius 2 is 2.00 bits per heavy atom. The van der Waals surface area contributed by atoms with E-state index in [0.717, 1.165) is 0 Å². The molecule has 0 saturated heterocycles. The van der Waals surface area contributed by atoms with Gasteiger partial charge in [-0.25, -0.2) is 4.98 Å². The summed E-state index contributed by atoms with van der Waals surface area (Å²) in [5, 5.41) is 8.84. The summed E-state index contributed by atoms with van der Waals surface area (Å²) in [6.07, 6.45) is -7.76. The Hall–Kier alpha value is -1.56. The molecule has 0 aliphatic heterocycles. The third kappa shape index (κ3) is 2.16. The molecule has 6 heteroatoms. The predicted octanol–water partition coefficient (Wildman–Crippen LogP) is 2.29. The van der Waals surface area contributed by atoms with Crippen LogP contribution in [0, 0.1) is 0 Å². The maximum Gasteiger partial charge on any atom is 0.414 e. The molecule has 16 heavy (non-hydrogen) atoms. The van der Waals surface area contributed by atoms with Crippen molar-refractivity contribution < 1.29 is 22.7 Å². The third-order valence-corrected chi connectivity index (χ3v) is 2.08. The first kappa shape index (κ1) is 10.9. The van der Waals surface area contributed by atoms with Gasteiger partial charge in [0.05, 0.1) is 6.42 Å². The second kappa shape index (κ2) is 3.79. The Morgan fingerprint density at radius 3 is 2.62 bits per heavy atom. The molecule has 86 valence electrons. The van der Waals surface area contributed by atoms with Crippen LogP contribution in [0.2, 0.25) is 0 Å². The number of hydrogen-bond acceptors (Lipinski definition) is 3. The Labute approximate surface area is 88.5 Å². The molecule has 3 nitrogen and oxygen atoms in total. The third-order valence-electron chi connectivity index (χ3n) is 2.08. The van der Waals surface area contributed by atoms with E-state index in [9.17, 15) is 13.2 Å². The lowest BCUT2D eigenvalue weighted by atomic mass is 10.2. The number of nitrogens with zero attached hydrogens (tertiary/aromatic N) is 1. The number of para-hydroxylation sites is 2. The van der Waals surface area contributed by atoms with Crippen LogP contribution in [0.25, 0.3) is 11.1 Å². The van der Waals surface area contributed by atoms with Crippen molar-refractivity contribution in [1.29, 1.82) is 0 Å². The SMILES string of the molecule is OC(Cc1nc2ccccc2o1)C(F)(F)F. The quantitative estimate of drug-likeness (QED) is 0.862. The number of benzene rings is 1. The van der Waals surface area contributed by atoms with E-state index in [2.05, 4.69) is 4.98 Å². The van der Waals surface area contributed by atoms with Crippen molar-refractivity contribution in [1.82, 2.24) is 4.98 Å². The van der Waals surface area contributed by atoms with E-state index < -0.39 is 18.7 Å². The van der Waals surface area contributed by atoms with E-state index >= 15 is 0 Å². The number of rotatable bonds is 2. The van der Waals surface area contributed by atoms with E-state index in [0.29, 0.717) is 11.1 Å². The molecule has 0 fully saturated rings. The van der Waals surface area contributed by atoms with Crippen LogP contribution in [-0.2, 0) is 6.42 Å². The van der Waals surface area contributed by atoms with Gasteiger partial charge >= 0.3 is 6.18 Å². The van der Waals surface area contributed by atoms with Gasteiger partial charge in [0.1, 0.15) is 5.52 Å². The predicted molar refractivity (Wildman–Crippen MR) is 49.8 cm³/mol. The maximum absolute atomic E-state index is 12.1. The average molecular weight is 231 g/mol. The highest BCUT2D eigenvalue weighted by Gasteiger charge is 2.39. The summed E-state index contributed by atoms with van der Waals surface area (Å²) in [5.41, 5.74) is 0.888. The minimum Gasteiger partial charge on any atom is -0.441 e. The van der Waals surface area contributed by atoms with Gasteiger partial charge in [0.25, 0.3) is 0 Å². The van der Waals surface area contributed by atoms with Gasteiger partial charge in [-0.05, 0) is 12.1 Å². The van der Waals surface area contributed by atoms with Gasteiger partial charge in [0.2, 0.25) is 0 Å². The first-order valence-electron chi connectivity index (χ1n) is 4.56. The molecule has 2 rings (SSSR count). The number of fused-ring (bicyclic) bond motifs is 1. The minimum atomic E-state index is -4.65. The highest BCUT2D eigenvalue weighted by molar-refractivity contribution is 5.72. The summed E-state index contributed by atoms with van der Waals surface area (Å²) >= 11 is 0. The summed E-state index contributed by atoms with van der Waals surface area (Å²) in [5.74, 6) is -0.119. The molecule has 0 aliphatic rings. The van der Waals surface area contributed by atoms with Crippen molar-refractivity contribution in [3.8, 4) is 0 Å². The second-order valence-electron chi connectivity index (χ2n) is 3.34. The van der Waals surface area contributed by atoms with Crippen molar-refractivity contribution in [2.24, 2.45) is 0 Å². The Kier molecular flexibility index (Phi) is 2.59. The number of alkyl halides is 3.